The Labute approximate surface area is 156 Å². The number of anilines is 2. The average Bonchev–Trinajstić information content (AvgIpc) is 2.63. The predicted molar refractivity (Wildman–Crippen MR) is 107 cm³/mol. The Bertz CT molecular complexity index is 719. The van der Waals surface area contributed by atoms with Crippen molar-refractivity contribution in [3.8, 4) is 0 Å². The number of hydrogen-bond donors (Lipinski definition) is 1. The summed E-state index contributed by atoms with van der Waals surface area (Å²) in [6.07, 6.45) is 5.11. The van der Waals surface area contributed by atoms with Gasteiger partial charge >= 0.3 is 0 Å². The van der Waals surface area contributed by atoms with Crippen LogP contribution in [0.1, 0.15) is 67.9 Å². The van der Waals surface area contributed by atoms with E-state index in [9.17, 15) is 4.79 Å². The molecule has 0 aliphatic rings. The largest absolute Gasteiger partial charge is 0.339 e. The second-order valence-electron chi connectivity index (χ2n) is 6.91. The van der Waals surface area contributed by atoms with Gasteiger partial charge < -0.3 is 10.2 Å². The van der Waals surface area contributed by atoms with Crippen LogP contribution in [0, 0.1) is 6.92 Å². The first-order chi connectivity index (χ1) is 12.5. The Kier molecular flexibility index (Phi) is 7.13. The molecule has 1 heterocycles. The highest BCUT2D eigenvalue weighted by Crippen LogP contribution is 2.29. The molecule has 0 spiro atoms. The van der Waals surface area contributed by atoms with Gasteiger partial charge in [-0.25, -0.2) is 9.97 Å². The third-order valence-corrected chi connectivity index (χ3v) is 4.34. The van der Waals surface area contributed by atoms with Crippen molar-refractivity contribution in [2.24, 2.45) is 0 Å². The zero-order chi connectivity index (χ0) is 19.1. The summed E-state index contributed by atoms with van der Waals surface area (Å²) in [4.78, 5) is 23.2. The Balaban J connectivity index is 2.19. The van der Waals surface area contributed by atoms with Gasteiger partial charge in [-0.3, -0.25) is 4.79 Å². The van der Waals surface area contributed by atoms with E-state index in [1.165, 1.54) is 5.56 Å². The quantitative estimate of drug-likeness (QED) is 0.731. The highest BCUT2D eigenvalue weighted by atomic mass is 16.2. The molecule has 0 unspecified atom stereocenters. The fourth-order valence-electron chi connectivity index (χ4n) is 2.99. The van der Waals surface area contributed by atoms with E-state index in [1.54, 1.807) is 12.4 Å². The summed E-state index contributed by atoms with van der Waals surface area (Å²) in [6, 6.07) is 6.25. The third-order valence-electron chi connectivity index (χ3n) is 4.34. The van der Waals surface area contributed by atoms with Gasteiger partial charge in [0, 0.05) is 31.2 Å². The topological polar surface area (TPSA) is 58.1 Å². The van der Waals surface area contributed by atoms with Crippen molar-refractivity contribution >= 4 is 17.5 Å². The number of aromatic nitrogens is 2. The normalized spacial score (nSPS) is 10.8. The van der Waals surface area contributed by atoms with E-state index < -0.39 is 0 Å². The molecular formula is C21H30N4O. The molecule has 0 aliphatic carbocycles. The molecule has 2 rings (SSSR count). The van der Waals surface area contributed by atoms with Crippen LogP contribution in [0.25, 0.3) is 0 Å². The zero-order valence-electron chi connectivity index (χ0n) is 16.5. The molecule has 0 aliphatic heterocycles. The lowest BCUT2D eigenvalue weighted by atomic mass is 9.98. The highest BCUT2D eigenvalue weighted by molar-refractivity contribution is 5.93. The van der Waals surface area contributed by atoms with E-state index in [-0.39, 0.29) is 5.91 Å². The molecule has 0 saturated carbocycles. The lowest BCUT2D eigenvalue weighted by Gasteiger charge is -2.21. The summed E-state index contributed by atoms with van der Waals surface area (Å²) < 4.78 is 0. The Morgan fingerprint density at radius 1 is 1.12 bits per heavy atom. The van der Waals surface area contributed by atoms with E-state index in [0.717, 1.165) is 37.2 Å². The van der Waals surface area contributed by atoms with Gasteiger partial charge in [0.25, 0.3) is 5.91 Å². The molecule has 0 bridgehead atoms. The molecule has 140 valence electrons. The number of nitrogens with zero attached hydrogens (tertiary/aromatic N) is 3. The monoisotopic (exact) mass is 354 g/mol. The number of nitrogens with one attached hydrogen (secondary N) is 1. The summed E-state index contributed by atoms with van der Waals surface area (Å²) in [5.41, 5.74) is 3.95. The van der Waals surface area contributed by atoms with Gasteiger partial charge in [0.1, 0.15) is 0 Å². The number of benzene rings is 1. The number of amides is 1. The fourth-order valence-corrected chi connectivity index (χ4v) is 2.99. The molecule has 26 heavy (non-hydrogen) atoms. The standard InChI is InChI=1S/C21H30N4O/c1-6-11-25(12-7-2)20(26)17-13-22-21(23-14-17)24-19-16(5)9-8-10-18(19)15(3)4/h8-10,13-15H,6-7,11-12H2,1-5H3,(H,22,23,24). The van der Waals surface area contributed by atoms with Crippen LogP contribution >= 0.6 is 0 Å². The molecular weight excluding hydrogens is 324 g/mol. The van der Waals surface area contributed by atoms with Crippen molar-refractivity contribution in [3.05, 3.63) is 47.3 Å². The van der Waals surface area contributed by atoms with Crippen molar-refractivity contribution in [1.82, 2.24) is 14.9 Å². The first-order valence-corrected chi connectivity index (χ1v) is 9.45. The van der Waals surface area contributed by atoms with Crippen molar-refractivity contribution in [2.45, 2.75) is 53.4 Å². The van der Waals surface area contributed by atoms with Crippen LogP contribution in [0.4, 0.5) is 11.6 Å². The summed E-state index contributed by atoms with van der Waals surface area (Å²) >= 11 is 0. The molecule has 1 amide bonds. The summed E-state index contributed by atoms with van der Waals surface area (Å²) in [6.45, 7) is 12.1. The minimum absolute atomic E-state index is 0.000916. The van der Waals surface area contributed by atoms with Crippen molar-refractivity contribution in [2.75, 3.05) is 18.4 Å². The van der Waals surface area contributed by atoms with Gasteiger partial charge in [0.05, 0.1) is 5.56 Å². The maximum atomic E-state index is 12.6. The van der Waals surface area contributed by atoms with E-state index in [2.05, 4.69) is 68.1 Å². The zero-order valence-corrected chi connectivity index (χ0v) is 16.5. The first-order valence-electron chi connectivity index (χ1n) is 9.45. The number of carbonyl (C=O) groups excluding carboxylic acids is 1. The molecule has 5 heteroatoms. The van der Waals surface area contributed by atoms with E-state index in [4.69, 9.17) is 0 Å². The average molecular weight is 354 g/mol. The van der Waals surface area contributed by atoms with Crippen LogP contribution in [0.5, 0.6) is 0 Å². The maximum absolute atomic E-state index is 12.6. The van der Waals surface area contributed by atoms with Crippen molar-refractivity contribution < 1.29 is 4.79 Å². The smallest absolute Gasteiger partial charge is 0.256 e. The number of rotatable bonds is 8. The maximum Gasteiger partial charge on any atom is 0.256 e. The molecule has 0 fully saturated rings. The molecule has 0 radical (unpaired) electrons. The molecule has 0 atom stereocenters. The molecule has 5 nitrogen and oxygen atoms in total. The number of carbonyl (C=O) groups is 1. The molecule has 1 aromatic heterocycles. The van der Waals surface area contributed by atoms with Gasteiger partial charge in [0.2, 0.25) is 5.95 Å². The lowest BCUT2D eigenvalue weighted by Crippen LogP contribution is -2.32. The Hall–Kier alpha value is -2.43. The van der Waals surface area contributed by atoms with Gasteiger partial charge in [-0.2, -0.15) is 0 Å². The SMILES string of the molecule is CCCN(CCC)C(=O)c1cnc(Nc2c(C)cccc2C(C)C)nc1. The van der Waals surface area contributed by atoms with Crippen LogP contribution in [0.15, 0.2) is 30.6 Å². The van der Waals surface area contributed by atoms with Gasteiger partial charge in [0.15, 0.2) is 0 Å². The van der Waals surface area contributed by atoms with Crippen LogP contribution in [-0.2, 0) is 0 Å². The third kappa shape index (κ3) is 4.81. The summed E-state index contributed by atoms with van der Waals surface area (Å²) in [7, 11) is 0. The Morgan fingerprint density at radius 2 is 1.73 bits per heavy atom. The predicted octanol–water partition coefficient (Wildman–Crippen LogP) is 4.91. The number of aryl methyl sites for hydroxylation is 1. The van der Waals surface area contributed by atoms with Crippen molar-refractivity contribution in [1.29, 1.82) is 0 Å². The van der Waals surface area contributed by atoms with Crippen LogP contribution in [0.3, 0.4) is 0 Å². The number of hydrogen-bond acceptors (Lipinski definition) is 4. The minimum Gasteiger partial charge on any atom is -0.339 e. The molecule has 1 N–H and O–H groups in total. The molecule has 0 saturated heterocycles. The van der Waals surface area contributed by atoms with Crippen molar-refractivity contribution in [3.63, 3.8) is 0 Å². The second-order valence-corrected chi connectivity index (χ2v) is 6.91. The molecule has 1 aromatic carbocycles. The highest BCUT2D eigenvalue weighted by Gasteiger charge is 2.16. The molecule has 2 aromatic rings. The van der Waals surface area contributed by atoms with E-state index in [0.29, 0.717) is 17.4 Å². The van der Waals surface area contributed by atoms with Crippen LogP contribution < -0.4 is 5.32 Å². The minimum atomic E-state index is -0.000916. The second kappa shape index (κ2) is 9.32. The van der Waals surface area contributed by atoms with Gasteiger partial charge in [-0.1, -0.05) is 45.9 Å². The van der Waals surface area contributed by atoms with Gasteiger partial charge in [-0.05, 0) is 36.8 Å². The lowest BCUT2D eigenvalue weighted by molar-refractivity contribution is 0.0754. The Morgan fingerprint density at radius 3 is 2.27 bits per heavy atom. The first kappa shape index (κ1) is 19.9. The summed E-state index contributed by atoms with van der Waals surface area (Å²) in [5.74, 6) is 0.907. The fraction of sp³-hybridized carbons (Fsp3) is 0.476. The summed E-state index contributed by atoms with van der Waals surface area (Å²) in [5, 5.41) is 3.32. The van der Waals surface area contributed by atoms with Gasteiger partial charge in [-0.15, -0.1) is 0 Å². The van der Waals surface area contributed by atoms with E-state index >= 15 is 0 Å². The van der Waals surface area contributed by atoms with Crippen LogP contribution in [-0.4, -0.2) is 33.9 Å². The van der Waals surface area contributed by atoms with Crippen LogP contribution in [0.2, 0.25) is 0 Å². The van der Waals surface area contributed by atoms with E-state index in [1.807, 2.05) is 4.90 Å². The number of para-hydroxylation sites is 1.